The fourth-order valence-electron chi connectivity index (χ4n) is 3.68. The molecule has 2 aromatic heterocycles. The number of fused-ring (bicyclic) bond motifs is 1. The lowest BCUT2D eigenvalue weighted by molar-refractivity contribution is 0.688. The predicted octanol–water partition coefficient (Wildman–Crippen LogP) is 5.07. The minimum atomic E-state index is 0.821. The van der Waals surface area contributed by atoms with E-state index < -0.39 is 0 Å². The molecule has 4 rings (SSSR count). The van der Waals surface area contributed by atoms with E-state index in [1.807, 2.05) is 12.1 Å². The zero-order valence-electron chi connectivity index (χ0n) is 17.1. The Hall–Kier alpha value is -3.34. The van der Waals surface area contributed by atoms with E-state index in [0.29, 0.717) is 0 Å². The SMILES string of the molecule is C=C(Nc1ccncc1)N1CCCCN(C)c2ccc(-c3cccc(C)c3)nc21. The highest BCUT2D eigenvalue weighted by molar-refractivity contribution is 5.75. The van der Waals surface area contributed by atoms with E-state index in [1.165, 1.54) is 5.56 Å². The zero-order valence-corrected chi connectivity index (χ0v) is 17.1. The molecule has 3 heterocycles. The number of hydrogen-bond donors (Lipinski definition) is 1. The Morgan fingerprint density at radius 2 is 1.83 bits per heavy atom. The number of rotatable bonds is 4. The van der Waals surface area contributed by atoms with Crippen LogP contribution in [-0.4, -0.2) is 30.1 Å². The van der Waals surface area contributed by atoms with Crippen molar-refractivity contribution in [2.45, 2.75) is 19.8 Å². The van der Waals surface area contributed by atoms with Crippen molar-refractivity contribution in [1.82, 2.24) is 9.97 Å². The van der Waals surface area contributed by atoms with Gasteiger partial charge in [-0.25, -0.2) is 4.98 Å². The van der Waals surface area contributed by atoms with E-state index >= 15 is 0 Å². The molecule has 1 aliphatic heterocycles. The van der Waals surface area contributed by atoms with Gasteiger partial charge in [0.1, 0.15) is 5.82 Å². The quantitative estimate of drug-likeness (QED) is 0.679. The second kappa shape index (κ2) is 8.35. The van der Waals surface area contributed by atoms with Gasteiger partial charge >= 0.3 is 0 Å². The molecule has 0 aliphatic carbocycles. The lowest BCUT2D eigenvalue weighted by Gasteiger charge is -2.34. The third kappa shape index (κ3) is 4.24. The number of anilines is 3. The summed E-state index contributed by atoms with van der Waals surface area (Å²) in [6, 6.07) is 16.7. The minimum Gasteiger partial charge on any atom is -0.372 e. The standard InChI is InChI=1S/C24H27N5/c1-18-7-6-8-20(17-18)22-9-10-23-24(27-22)29(16-5-4-15-28(23)3)19(2)26-21-11-13-25-14-12-21/h6-14,17H,2,4-5,15-16H2,1,3H3,(H,25,26). The van der Waals surface area contributed by atoms with E-state index in [-0.39, 0.29) is 0 Å². The van der Waals surface area contributed by atoms with Gasteiger partial charge < -0.3 is 15.1 Å². The number of nitrogens with zero attached hydrogens (tertiary/aromatic N) is 4. The molecule has 0 radical (unpaired) electrons. The first kappa shape index (κ1) is 19.0. The van der Waals surface area contributed by atoms with E-state index in [9.17, 15) is 0 Å². The molecule has 148 valence electrons. The molecule has 3 aromatic rings. The highest BCUT2D eigenvalue weighted by Gasteiger charge is 2.22. The van der Waals surface area contributed by atoms with Crippen LogP contribution >= 0.6 is 0 Å². The van der Waals surface area contributed by atoms with Gasteiger partial charge in [-0.1, -0.05) is 30.3 Å². The Bertz CT molecular complexity index is 999. The van der Waals surface area contributed by atoms with Crippen LogP contribution in [0.4, 0.5) is 17.2 Å². The Morgan fingerprint density at radius 1 is 1.03 bits per heavy atom. The average Bonchev–Trinajstić information content (AvgIpc) is 2.72. The van der Waals surface area contributed by atoms with E-state index in [0.717, 1.165) is 60.2 Å². The number of benzene rings is 1. The number of pyridine rings is 2. The highest BCUT2D eigenvalue weighted by atomic mass is 15.3. The van der Waals surface area contributed by atoms with Crippen LogP contribution in [0, 0.1) is 6.92 Å². The Balaban J connectivity index is 1.74. The summed E-state index contributed by atoms with van der Waals surface area (Å²) in [4.78, 5) is 13.7. The molecule has 0 saturated carbocycles. The maximum Gasteiger partial charge on any atom is 0.158 e. The first-order valence-electron chi connectivity index (χ1n) is 10.0. The summed E-state index contributed by atoms with van der Waals surface area (Å²) in [6.07, 6.45) is 5.77. The Labute approximate surface area is 172 Å². The maximum absolute atomic E-state index is 5.09. The minimum absolute atomic E-state index is 0.821. The van der Waals surface area contributed by atoms with Crippen molar-refractivity contribution in [1.29, 1.82) is 0 Å². The second-order valence-corrected chi connectivity index (χ2v) is 7.50. The van der Waals surface area contributed by atoms with Gasteiger partial charge in [-0.15, -0.1) is 0 Å². The summed E-state index contributed by atoms with van der Waals surface area (Å²) < 4.78 is 0. The lowest BCUT2D eigenvalue weighted by atomic mass is 10.1. The molecular weight excluding hydrogens is 358 g/mol. The van der Waals surface area contributed by atoms with Crippen molar-refractivity contribution < 1.29 is 0 Å². The molecule has 0 bridgehead atoms. The number of hydrogen-bond acceptors (Lipinski definition) is 5. The van der Waals surface area contributed by atoms with Crippen LogP contribution in [0.15, 0.2) is 73.3 Å². The van der Waals surface area contributed by atoms with Gasteiger partial charge in [-0.05, 0) is 50.1 Å². The van der Waals surface area contributed by atoms with Crippen LogP contribution in [0.1, 0.15) is 18.4 Å². The van der Waals surface area contributed by atoms with Crippen LogP contribution in [0.2, 0.25) is 0 Å². The van der Waals surface area contributed by atoms with Crippen LogP contribution in [0.5, 0.6) is 0 Å². The van der Waals surface area contributed by atoms with Crippen LogP contribution < -0.4 is 15.1 Å². The number of aryl methyl sites for hydroxylation is 1. The smallest absolute Gasteiger partial charge is 0.158 e. The Morgan fingerprint density at radius 3 is 2.62 bits per heavy atom. The van der Waals surface area contributed by atoms with Gasteiger partial charge in [0.25, 0.3) is 0 Å². The molecule has 0 amide bonds. The number of nitrogens with one attached hydrogen (secondary N) is 1. The van der Waals surface area contributed by atoms with Gasteiger partial charge in [0.05, 0.1) is 11.4 Å². The van der Waals surface area contributed by atoms with Gasteiger partial charge in [0.2, 0.25) is 0 Å². The molecule has 0 spiro atoms. The molecule has 1 N–H and O–H groups in total. The fourth-order valence-corrected chi connectivity index (χ4v) is 3.68. The van der Waals surface area contributed by atoms with Crippen molar-refractivity contribution in [3.8, 4) is 11.3 Å². The summed E-state index contributed by atoms with van der Waals surface area (Å²) in [5.41, 5.74) is 5.43. The van der Waals surface area contributed by atoms with Crippen molar-refractivity contribution in [2.24, 2.45) is 0 Å². The molecule has 29 heavy (non-hydrogen) atoms. The number of aromatic nitrogens is 2. The summed E-state index contributed by atoms with van der Waals surface area (Å²) in [6.45, 7) is 8.33. The van der Waals surface area contributed by atoms with Crippen molar-refractivity contribution >= 4 is 17.2 Å². The van der Waals surface area contributed by atoms with Crippen LogP contribution in [0.3, 0.4) is 0 Å². The van der Waals surface area contributed by atoms with Gasteiger partial charge in [-0.2, -0.15) is 0 Å². The normalized spacial score (nSPS) is 14.0. The molecule has 1 aliphatic rings. The molecule has 0 unspecified atom stereocenters. The van der Waals surface area contributed by atoms with Crippen LogP contribution in [0.25, 0.3) is 11.3 Å². The highest BCUT2D eigenvalue weighted by Crippen LogP contribution is 2.34. The molecule has 5 nitrogen and oxygen atoms in total. The van der Waals surface area contributed by atoms with Crippen molar-refractivity contribution in [3.05, 3.63) is 78.9 Å². The van der Waals surface area contributed by atoms with Crippen LogP contribution in [-0.2, 0) is 0 Å². The molecule has 0 saturated heterocycles. The van der Waals surface area contributed by atoms with Gasteiger partial charge in [0.15, 0.2) is 5.82 Å². The predicted molar refractivity (Wildman–Crippen MR) is 121 cm³/mol. The monoisotopic (exact) mass is 385 g/mol. The fraction of sp³-hybridized carbons (Fsp3) is 0.250. The third-order valence-electron chi connectivity index (χ3n) is 5.26. The van der Waals surface area contributed by atoms with E-state index in [4.69, 9.17) is 4.98 Å². The molecule has 0 atom stereocenters. The molecule has 0 fully saturated rings. The topological polar surface area (TPSA) is 44.3 Å². The van der Waals surface area contributed by atoms with Crippen molar-refractivity contribution in [2.75, 3.05) is 35.3 Å². The lowest BCUT2D eigenvalue weighted by Crippen LogP contribution is -2.33. The summed E-state index contributed by atoms with van der Waals surface area (Å²) in [7, 11) is 2.13. The molecular formula is C24H27N5. The van der Waals surface area contributed by atoms with E-state index in [1.54, 1.807) is 12.4 Å². The van der Waals surface area contributed by atoms with E-state index in [2.05, 4.69) is 77.0 Å². The first-order valence-corrected chi connectivity index (χ1v) is 10.0. The first-order chi connectivity index (χ1) is 14.1. The molecule has 5 heteroatoms. The zero-order chi connectivity index (χ0) is 20.2. The molecule has 1 aromatic carbocycles. The summed E-state index contributed by atoms with van der Waals surface area (Å²) in [5.74, 6) is 1.76. The van der Waals surface area contributed by atoms with Gasteiger partial charge in [0, 0.05) is 43.8 Å². The largest absolute Gasteiger partial charge is 0.372 e. The van der Waals surface area contributed by atoms with Gasteiger partial charge in [-0.3, -0.25) is 4.98 Å². The second-order valence-electron chi connectivity index (χ2n) is 7.50. The maximum atomic E-state index is 5.09. The summed E-state index contributed by atoms with van der Waals surface area (Å²) in [5, 5.41) is 3.42. The summed E-state index contributed by atoms with van der Waals surface area (Å²) >= 11 is 0. The Kier molecular flexibility index (Phi) is 5.47. The third-order valence-corrected chi connectivity index (χ3v) is 5.26. The average molecular weight is 386 g/mol. The van der Waals surface area contributed by atoms with Crippen molar-refractivity contribution in [3.63, 3.8) is 0 Å².